The van der Waals surface area contributed by atoms with Crippen LogP contribution < -0.4 is 0 Å². The molecule has 4 radical (unpaired) electrons. The third-order valence-electron chi connectivity index (χ3n) is 26.1. The number of thiophene rings is 1. The van der Waals surface area contributed by atoms with Crippen LogP contribution in [0, 0.1) is 36.1 Å². The Morgan fingerprint density at radius 1 is 0.349 bits per heavy atom. The fourth-order valence-corrected chi connectivity index (χ4v) is 20.4. The summed E-state index contributed by atoms with van der Waals surface area (Å²) in [7, 11) is 0. The summed E-state index contributed by atoms with van der Waals surface area (Å²) >= 11 is 1.86. The molecule has 0 unspecified atom stereocenters. The summed E-state index contributed by atoms with van der Waals surface area (Å²) in [4.78, 5) is 49.5. The van der Waals surface area contributed by atoms with Crippen molar-refractivity contribution in [1.29, 1.82) is 0 Å². The van der Waals surface area contributed by atoms with E-state index in [9.17, 15) is 19.5 Å². The van der Waals surface area contributed by atoms with E-state index in [1.54, 1.807) is 0 Å². The number of hydrogen-bond acceptors (Lipinski definition) is 14. The minimum Gasteiger partial charge on any atom is -0.512 e. The molecule has 0 spiro atoms. The molecule has 0 bridgehead atoms. The molecule has 0 aliphatic heterocycles. The average Bonchev–Trinajstić information content (AvgIpc) is 1.56. The van der Waals surface area contributed by atoms with Gasteiger partial charge in [0.15, 0.2) is 17.3 Å². The maximum Gasteiger partial charge on any atom is 0.161 e. The summed E-state index contributed by atoms with van der Waals surface area (Å²) in [5.74, 6) is 0.491. The first-order valence-electron chi connectivity index (χ1n) is 48.5. The van der Waals surface area contributed by atoms with E-state index in [-0.39, 0.29) is 127 Å². The average molecular weight is 2680 g/mol. The van der Waals surface area contributed by atoms with Crippen molar-refractivity contribution in [2.24, 2.45) is 11.8 Å². The van der Waals surface area contributed by atoms with E-state index in [1.807, 2.05) is 137 Å². The molecule has 0 amide bonds. The zero-order valence-electron chi connectivity index (χ0n) is 83.1. The molecular formula is C131H100Ir4N4O9S-4. The Kier molecular flexibility index (Phi) is 33.7. The molecule has 3 N–H and O–H groups in total. The van der Waals surface area contributed by atoms with Gasteiger partial charge in [0.05, 0.1) is 34.0 Å². The van der Waals surface area contributed by atoms with E-state index < -0.39 is 0 Å². The van der Waals surface area contributed by atoms with Gasteiger partial charge in [-0.05, 0) is 235 Å². The zero-order valence-corrected chi connectivity index (χ0v) is 93.5. The van der Waals surface area contributed by atoms with Crippen LogP contribution in [-0.4, -0.2) is 52.6 Å². The minimum absolute atomic E-state index is 0. The van der Waals surface area contributed by atoms with Crippen LogP contribution in [0.25, 0.3) is 234 Å². The molecule has 17 aromatic carbocycles. The molecule has 25 aromatic rings. The number of aromatic nitrogens is 4. The third-order valence-corrected chi connectivity index (χ3v) is 27.2. The topological polar surface area (TPSA) is 203 Å². The molecule has 18 heteroatoms. The van der Waals surface area contributed by atoms with Crippen LogP contribution in [0.3, 0.4) is 0 Å². The van der Waals surface area contributed by atoms with Crippen LogP contribution in [0.1, 0.15) is 91.8 Å². The molecule has 149 heavy (non-hydrogen) atoms. The summed E-state index contributed by atoms with van der Waals surface area (Å²) in [5, 5.41) is 55.2. The Bertz CT molecular complexity index is 9460. The normalized spacial score (nSPS) is 11.8. The van der Waals surface area contributed by atoms with Crippen LogP contribution in [0.4, 0.5) is 0 Å². The molecule has 1 aliphatic rings. The van der Waals surface area contributed by atoms with Crippen LogP contribution >= 0.6 is 11.3 Å². The van der Waals surface area contributed by atoms with Crippen molar-refractivity contribution >= 4 is 207 Å². The monoisotopic (exact) mass is 2680 g/mol. The maximum absolute atomic E-state index is 11.0. The maximum atomic E-state index is 11.0. The number of allylic oxidation sites excluding steroid dienone is 7. The van der Waals surface area contributed by atoms with E-state index in [0.29, 0.717) is 5.92 Å². The predicted molar refractivity (Wildman–Crippen MR) is 601 cm³/mol. The second kappa shape index (κ2) is 47.0. The summed E-state index contributed by atoms with van der Waals surface area (Å²) < 4.78 is 21.5. The van der Waals surface area contributed by atoms with E-state index in [4.69, 9.17) is 28.4 Å². The third kappa shape index (κ3) is 22.4. The number of furan rings is 3. The van der Waals surface area contributed by atoms with Crippen molar-refractivity contribution in [3.63, 3.8) is 0 Å². The Hall–Kier alpha value is -15.0. The summed E-state index contributed by atoms with van der Waals surface area (Å²) in [6.45, 7) is 17.4. The van der Waals surface area contributed by atoms with Gasteiger partial charge in [0.25, 0.3) is 0 Å². The Labute approximate surface area is 920 Å². The Balaban J connectivity index is 0.000000131. The minimum atomic E-state index is -0.125. The van der Waals surface area contributed by atoms with Gasteiger partial charge in [0.1, 0.15) is 16.7 Å². The van der Waals surface area contributed by atoms with E-state index in [0.717, 1.165) is 128 Å². The predicted octanol–water partition coefficient (Wildman–Crippen LogP) is 35.2. The number of ketones is 3. The number of hydrogen-bond donors (Lipinski definition) is 3. The fourth-order valence-electron chi connectivity index (χ4n) is 19.3. The standard InChI is InChI=1S/C31H18NO.C29H16NO.C28H20NO.C24H14NS.C9H16O2.2C5H8O2.4Ir/c1-2-6-20(7-3-1)22-14-15-32-29(17-22)24-12-13-30-27(16-24)28-19-26-23(18-31(28)33-30)11-10-21-8-4-5-9-25(21)26;1-3-9-21-19(7-1)20-8-2-4-10-22(20)24-17-29-26(16-23(21)24)25-15-18(12-13-28(25)31-29)27-11-5-6-14-30-27;1-17(2)18-14-15-24(29-16-18)23-12-7-13-25-26(23)27-21-10-5-3-8-19(21)20-9-4-6-11-22(20)28(27)30-25;1-2-13-25-19(11-1)17-9-5-12-20-23(17)24-18-10-4-7-15-6-3-8-16(22(15)18)14-21(24)26-20;1-6(2)8(10)5-9(11)7(3)4;2*1-4(6)3-5(2)7;;;;/h1-11,13-19H;1-11,13-17H;3-11,13-17H,1-2H3;1-5,7-8,10-14H,6H2;5-7,10H,1-4H3;2*3,6H,1-2H3;;;;/q4*-1;;;;;;;. The van der Waals surface area contributed by atoms with Crippen molar-refractivity contribution in [2.45, 2.75) is 81.6 Å². The molecule has 0 atom stereocenters. The number of carbonyl (C=O) groups is 3. The number of carbonyl (C=O) groups excluding carboxylic acids is 3. The number of pyridine rings is 4. The number of aliphatic hydroxyl groups excluding tert-OH is 3. The van der Waals surface area contributed by atoms with E-state index in [2.05, 4.69) is 314 Å². The SMILES string of the molecule is CC(=O)C=C(C)O.CC(=O)C=C(C)O.CC(C)C(=O)C=C(O)C(C)C.CC(C)c1ccc(-c2[c-]ccc3oc4c5ccccc5c5ccccc5c4c23)nc1.[Ir].[Ir].[Ir].[Ir].[c-]1cc2oc3cc4c5ccccc5c5ccccc5c4cc3c2cc1-c1ccccn1.[c-]1cc2oc3cc4ccc5ccccc5c4cc3c2cc1-c1cc(-c2ccccc2)ccn1.[c-]1ccc2sc3cc4c5c(cccc5c3c2c1-c1ccccn1)CC=C4. The quantitative estimate of drug-likeness (QED) is 0.0478. The fraction of sp³-hybridized carbons (Fsp3) is 0.107. The second-order valence-corrected chi connectivity index (χ2v) is 38.3. The first kappa shape index (κ1) is 107. The Morgan fingerprint density at radius 2 is 0.859 bits per heavy atom. The van der Waals surface area contributed by atoms with Crippen LogP contribution in [0.5, 0.6) is 0 Å². The summed E-state index contributed by atoms with van der Waals surface area (Å²) in [6.07, 6.45) is 16.7. The van der Waals surface area contributed by atoms with Gasteiger partial charge in [0.2, 0.25) is 0 Å². The number of fused-ring (bicyclic) bond motifs is 27. The van der Waals surface area contributed by atoms with Crippen molar-refractivity contribution < 1.29 is 123 Å². The van der Waals surface area contributed by atoms with E-state index >= 15 is 0 Å². The number of nitrogens with zero attached hydrogens (tertiary/aromatic N) is 4. The molecule has 0 fully saturated rings. The zero-order chi connectivity index (χ0) is 100. The summed E-state index contributed by atoms with van der Waals surface area (Å²) in [6, 6.07) is 126. The number of aliphatic hydroxyl groups is 3. The van der Waals surface area contributed by atoms with Gasteiger partial charge < -0.3 is 48.5 Å². The van der Waals surface area contributed by atoms with Gasteiger partial charge in [-0.25, -0.2) is 0 Å². The van der Waals surface area contributed by atoms with Crippen LogP contribution in [0.2, 0.25) is 0 Å². The van der Waals surface area contributed by atoms with Crippen molar-refractivity contribution in [1.82, 2.24) is 19.9 Å². The molecule has 8 heterocycles. The summed E-state index contributed by atoms with van der Waals surface area (Å²) in [5.41, 5.74) is 19.3. The molecule has 8 aromatic heterocycles. The number of benzene rings is 17. The molecule has 1 aliphatic carbocycles. The van der Waals surface area contributed by atoms with Gasteiger partial charge in [-0.15, -0.1) is 89.0 Å². The van der Waals surface area contributed by atoms with Crippen molar-refractivity contribution in [3.8, 4) is 56.2 Å². The Morgan fingerprint density at radius 3 is 1.44 bits per heavy atom. The molecule has 13 nitrogen and oxygen atoms in total. The van der Waals surface area contributed by atoms with Gasteiger partial charge in [0, 0.05) is 156 Å². The van der Waals surface area contributed by atoms with Crippen molar-refractivity contribution in [3.05, 3.63) is 429 Å². The smallest absolute Gasteiger partial charge is 0.161 e. The van der Waals surface area contributed by atoms with Crippen LogP contribution in [-0.2, 0) is 101 Å². The molecule has 744 valence electrons. The van der Waals surface area contributed by atoms with Gasteiger partial charge in [-0.1, -0.05) is 306 Å². The first-order valence-corrected chi connectivity index (χ1v) is 49.3. The second-order valence-electron chi connectivity index (χ2n) is 37.2. The number of rotatable bonds is 11. The molecular weight excluding hydrogens is 2570 g/mol. The van der Waals surface area contributed by atoms with Crippen molar-refractivity contribution in [2.75, 3.05) is 0 Å². The van der Waals surface area contributed by atoms with Gasteiger partial charge in [-0.2, -0.15) is 11.3 Å². The van der Waals surface area contributed by atoms with E-state index in [1.165, 1.54) is 169 Å². The largest absolute Gasteiger partial charge is 0.512 e. The molecule has 26 rings (SSSR count). The molecule has 0 saturated carbocycles. The van der Waals surface area contributed by atoms with Gasteiger partial charge in [-0.3, -0.25) is 14.4 Å². The van der Waals surface area contributed by atoms with Crippen LogP contribution in [0.15, 0.2) is 401 Å². The molecule has 0 saturated heterocycles. The van der Waals surface area contributed by atoms with Gasteiger partial charge >= 0.3 is 0 Å². The first-order chi connectivity index (χ1) is 70.5.